The quantitative estimate of drug-likeness (QED) is 0.921. The predicted octanol–water partition coefficient (Wildman–Crippen LogP) is 2.13. The highest BCUT2D eigenvalue weighted by atomic mass is 16.3. The highest BCUT2D eigenvalue weighted by Gasteiger charge is 2.32. The number of fused-ring (bicyclic) bond motifs is 3. The molecule has 112 valence electrons. The fourth-order valence-corrected chi connectivity index (χ4v) is 3.66. The van der Waals surface area contributed by atoms with Gasteiger partial charge >= 0.3 is 0 Å². The fraction of sp³-hybridized carbons (Fsp3) is 0.412. The van der Waals surface area contributed by atoms with Crippen molar-refractivity contribution in [3.8, 4) is 6.07 Å². The topological polar surface area (TPSA) is 69.3 Å². The van der Waals surface area contributed by atoms with Gasteiger partial charge < -0.3 is 14.6 Å². The van der Waals surface area contributed by atoms with E-state index in [2.05, 4.69) is 10.2 Å². The van der Waals surface area contributed by atoms with E-state index in [-0.39, 0.29) is 17.7 Å². The lowest BCUT2D eigenvalue weighted by Gasteiger charge is -2.30. The van der Waals surface area contributed by atoms with E-state index in [1.807, 2.05) is 12.1 Å². The lowest BCUT2D eigenvalue weighted by atomic mass is 9.96. The summed E-state index contributed by atoms with van der Waals surface area (Å²) in [7, 11) is 0. The van der Waals surface area contributed by atoms with Crippen LogP contribution in [-0.2, 0) is 0 Å². The van der Waals surface area contributed by atoms with E-state index in [0.29, 0.717) is 11.1 Å². The Bertz CT molecular complexity index is 762. The number of carbonyl (C=O) groups excluding carboxylic acids is 1. The number of carbonyl (C=O) groups is 1. The van der Waals surface area contributed by atoms with Gasteiger partial charge in [-0.25, -0.2) is 0 Å². The number of nitriles is 1. The largest absolute Gasteiger partial charge is 0.446 e. The van der Waals surface area contributed by atoms with Gasteiger partial charge in [0.15, 0.2) is 0 Å². The molecule has 4 rings (SSSR count). The van der Waals surface area contributed by atoms with Gasteiger partial charge in [-0.2, -0.15) is 5.26 Å². The second-order valence-electron chi connectivity index (χ2n) is 6.30. The maximum atomic E-state index is 12.4. The van der Waals surface area contributed by atoms with Crippen LogP contribution in [0.1, 0.15) is 29.0 Å². The Morgan fingerprint density at radius 1 is 1.36 bits per heavy atom. The number of rotatable bonds is 2. The van der Waals surface area contributed by atoms with Crippen LogP contribution >= 0.6 is 0 Å². The minimum absolute atomic E-state index is 0.0655. The Balaban J connectivity index is 1.51. The Morgan fingerprint density at radius 3 is 3.09 bits per heavy atom. The molecule has 1 amide bonds. The Kier molecular flexibility index (Phi) is 3.12. The maximum absolute atomic E-state index is 12.4. The van der Waals surface area contributed by atoms with Crippen LogP contribution in [-0.4, -0.2) is 36.5 Å². The van der Waals surface area contributed by atoms with Crippen LogP contribution in [0.2, 0.25) is 0 Å². The standard InChI is InChI=1S/C17H17N3O2/c18-8-15-6-12-1-2-13(7-16(12)22-15)17(21)19-14-5-11-3-4-20(9-11)10-14/h1-2,6-7,11,14H,3-5,9-10H2,(H,19,21)/t11-,14-/m1/s1. The number of benzene rings is 1. The van der Waals surface area contributed by atoms with Crippen molar-refractivity contribution >= 4 is 16.9 Å². The summed E-state index contributed by atoms with van der Waals surface area (Å²) in [6.45, 7) is 3.29. The summed E-state index contributed by atoms with van der Waals surface area (Å²) in [5.74, 6) is 0.929. The number of nitrogens with zero attached hydrogens (tertiary/aromatic N) is 2. The van der Waals surface area contributed by atoms with Crippen molar-refractivity contribution in [2.45, 2.75) is 18.9 Å². The molecule has 1 N–H and O–H groups in total. The van der Waals surface area contributed by atoms with Gasteiger partial charge in [-0.1, -0.05) is 6.07 Å². The Labute approximate surface area is 128 Å². The second-order valence-corrected chi connectivity index (χ2v) is 6.30. The molecule has 5 nitrogen and oxygen atoms in total. The molecule has 1 aromatic heterocycles. The van der Waals surface area contributed by atoms with Gasteiger partial charge in [0.25, 0.3) is 5.91 Å². The summed E-state index contributed by atoms with van der Waals surface area (Å²) in [4.78, 5) is 14.9. The van der Waals surface area contributed by atoms with Gasteiger partial charge in [0.2, 0.25) is 5.76 Å². The summed E-state index contributed by atoms with van der Waals surface area (Å²) >= 11 is 0. The number of nitrogens with one attached hydrogen (secondary N) is 1. The van der Waals surface area contributed by atoms with Crippen LogP contribution in [0.4, 0.5) is 0 Å². The first-order valence-electron chi connectivity index (χ1n) is 7.68. The van der Waals surface area contributed by atoms with E-state index in [1.165, 1.54) is 13.0 Å². The van der Waals surface area contributed by atoms with Crippen molar-refractivity contribution in [1.29, 1.82) is 5.26 Å². The average Bonchev–Trinajstić information content (AvgIpc) is 3.09. The van der Waals surface area contributed by atoms with E-state index in [4.69, 9.17) is 9.68 Å². The molecule has 3 atom stereocenters. The summed E-state index contributed by atoms with van der Waals surface area (Å²) in [6, 6.07) is 9.21. The van der Waals surface area contributed by atoms with Gasteiger partial charge in [0.1, 0.15) is 11.7 Å². The summed E-state index contributed by atoms with van der Waals surface area (Å²) in [5, 5.41) is 12.8. The van der Waals surface area contributed by atoms with Crippen LogP contribution in [0.5, 0.6) is 0 Å². The molecular weight excluding hydrogens is 278 g/mol. The molecule has 0 saturated carbocycles. The van der Waals surface area contributed by atoms with E-state index in [0.717, 1.165) is 30.8 Å². The SMILES string of the molecule is N#Cc1cc2ccc(C(=O)N[C@@H]3C[C@H]4CCN(C4)C3)cc2o1. The van der Waals surface area contributed by atoms with Crippen molar-refractivity contribution in [2.24, 2.45) is 5.92 Å². The zero-order chi connectivity index (χ0) is 15.1. The Morgan fingerprint density at radius 2 is 2.27 bits per heavy atom. The van der Waals surface area contributed by atoms with Crippen LogP contribution in [0.15, 0.2) is 28.7 Å². The minimum atomic E-state index is -0.0655. The molecular formula is C17H17N3O2. The highest BCUT2D eigenvalue weighted by Crippen LogP contribution is 2.27. The molecule has 5 heteroatoms. The number of furan rings is 1. The van der Waals surface area contributed by atoms with Gasteiger partial charge in [0, 0.05) is 36.1 Å². The number of amides is 1. The van der Waals surface area contributed by atoms with E-state index < -0.39 is 0 Å². The second kappa shape index (κ2) is 5.15. The molecule has 0 spiro atoms. The first-order chi connectivity index (χ1) is 10.7. The van der Waals surface area contributed by atoms with Gasteiger partial charge in [-0.05, 0) is 37.4 Å². The molecule has 0 aliphatic carbocycles. The summed E-state index contributed by atoms with van der Waals surface area (Å²) in [6.07, 6.45) is 2.32. The monoisotopic (exact) mass is 295 g/mol. The maximum Gasteiger partial charge on any atom is 0.251 e. The first kappa shape index (κ1) is 13.4. The zero-order valence-electron chi connectivity index (χ0n) is 12.2. The Hall–Kier alpha value is -2.32. The zero-order valence-corrected chi connectivity index (χ0v) is 12.2. The third-order valence-corrected chi connectivity index (χ3v) is 4.69. The summed E-state index contributed by atoms with van der Waals surface area (Å²) in [5.41, 5.74) is 1.16. The molecule has 2 aliphatic rings. The van der Waals surface area contributed by atoms with Gasteiger partial charge in [-0.15, -0.1) is 0 Å². The molecule has 2 fully saturated rings. The van der Waals surface area contributed by atoms with E-state index in [1.54, 1.807) is 18.2 Å². The van der Waals surface area contributed by atoms with Gasteiger partial charge in [0.05, 0.1) is 0 Å². The molecule has 2 aromatic rings. The molecule has 2 bridgehead atoms. The third kappa shape index (κ3) is 2.36. The van der Waals surface area contributed by atoms with Crippen molar-refractivity contribution in [2.75, 3.05) is 19.6 Å². The van der Waals surface area contributed by atoms with Crippen molar-refractivity contribution in [1.82, 2.24) is 10.2 Å². The number of hydrogen-bond acceptors (Lipinski definition) is 4. The van der Waals surface area contributed by atoms with Crippen molar-refractivity contribution in [3.05, 3.63) is 35.6 Å². The predicted molar refractivity (Wildman–Crippen MR) is 81.3 cm³/mol. The van der Waals surface area contributed by atoms with Crippen LogP contribution in [0.3, 0.4) is 0 Å². The fourth-order valence-electron chi connectivity index (χ4n) is 3.66. The molecule has 2 aliphatic heterocycles. The molecule has 1 aromatic carbocycles. The smallest absolute Gasteiger partial charge is 0.251 e. The van der Waals surface area contributed by atoms with E-state index in [9.17, 15) is 4.79 Å². The third-order valence-electron chi connectivity index (χ3n) is 4.69. The van der Waals surface area contributed by atoms with Crippen LogP contribution < -0.4 is 5.32 Å². The normalized spacial score (nSPS) is 26.8. The minimum Gasteiger partial charge on any atom is -0.446 e. The number of hydrogen-bond donors (Lipinski definition) is 1. The average molecular weight is 295 g/mol. The molecule has 22 heavy (non-hydrogen) atoms. The highest BCUT2D eigenvalue weighted by molar-refractivity contribution is 5.97. The number of piperidine rings is 1. The van der Waals surface area contributed by atoms with E-state index >= 15 is 0 Å². The molecule has 1 unspecified atom stereocenters. The van der Waals surface area contributed by atoms with Crippen LogP contribution in [0, 0.1) is 17.2 Å². The van der Waals surface area contributed by atoms with Gasteiger partial charge in [-0.3, -0.25) is 4.79 Å². The first-order valence-corrected chi connectivity index (χ1v) is 7.68. The van der Waals surface area contributed by atoms with Crippen molar-refractivity contribution < 1.29 is 9.21 Å². The summed E-state index contributed by atoms with van der Waals surface area (Å²) < 4.78 is 5.39. The lowest BCUT2D eigenvalue weighted by Crippen LogP contribution is -2.47. The molecule has 0 radical (unpaired) electrons. The van der Waals surface area contributed by atoms with Crippen LogP contribution in [0.25, 0.3) is 11.0 Å². The molecule has 3 heterocycles. The lowest BCUT2D eigenvalue weighted by molar-refractivity contribution is 0.0909. The molecule has 2 saturated heterocycles. The van der Waals surface area contributed by atoms with Crippen molar-refractivity contribution in [3.63, 3.8) is 0 Å².